The van der Waals surface area contributed by atoms with Crippen molar-refractivity contribution in [1.29, 1.82) is 0 Å². The summed E-state index contributed by atoms with van der Waals surface area (Å²) in [6, 6.07) is 0. The number of phosphoric acid groups is 1. The van der Waals surface area contributed by atoms with Crippen LogP contribution in [-0.4, -0.2) is 70.7 Å². The van der Waals surface area contributed by atoms with E-state index in [0.29, 0.717) is 24.1 Å². The third-order valence-electron chi connectivity index (χ3n) is 9.32. The Bertz CT molecular complexity index is 833. The molecule has 0 heterocycles. The molecule has 0 aliphatic rings. The van der Waals surface area contributed by atoms with E-state index >= 15 is 0 Å². The van der Waals surface area contributed by atoms with E-state index in [-0.39, 0.29) is 25.8 Å². The van der Waals surface area contributed by atoms with Crippen molar-refractivity contribution in [2.24, 2.45) is 0 Å². The Labute approximate surface area is 316 Å². The van der Waals surface area contributed by atoms with Gasteiger partial charge in [0.2, 0.25) is 0 Å². The van der Waals surface area contributed by atoms with Gasteiger partial charge in [-0.05, 0) is 38.5 Å². The molecule has 0 bridgehead atoms. The molecule has 0 aromatic heterocycles. The normalized spacial score (nSPS) is 13.9. The smallest absolute Gasteiger partial charge is 0.306 e. The summed E-state index contributed by atoms with van der Waals surface area (Å²) in [6.07, 6.45) is 37.8. The first-order chi connectivity index (χ1) is 24.6. The van der Waals surface area contributed by atoms with Gasteiger partial charge in [0.15, 0.2) is 0 Å². The second-order valence-electron chi connectivity index (χ2n) is 15.7. The zero-order valence-electron chi connectivity index (χ0n) is 34.3. The number of nitrogens with zero attached hydrogens (tertiary/aromatic N) is 1. The van der Waals surface area contributed by atoms with E-state index in [1.165, 1.54) is 141 Å². The zero-order valence-corrected chi connectivity index (χ0v) is 35.2. The van der Waals surface area contributed by atoms with Gasteiger partial charge in [0, 0.05) is 13.0 Å². The fourth-order valence-corrected chi connectivity index (χ4v) is 6.68. The van der Waals surface area contributed by atoms with Gasteiger partial charge in [-0.2, -0.15) is 0 Å². The van der Waals surface area contributed by atoms with Crippen LogP contribution in [0.2, 0.25) is 0 Å². The Hall–Kier alpha value is -0.760. The first-order valence-electron chi connectivity index (χ1n) is 21.4. The van der Waals surface area contributed by atoms with Crippen LogP contribution in [0.5, 0.6) is 0 Å². The van der Waals surface area contributed by atoms with Gasteiger partial charge in [-0.25, -0.2) is 0 Å². The molecule has 0 saturated carbocycles. The number of likely N-dealkylation sites (N-methyl/N-ethyl adjacent to an activating group) is 1. The van der Waals surface area contributed by atoms with E-state index in [4.69, 9.17) is 18.5 Å². The van der Waals surface area contributed by atoms with Crippen LogP contribution in [0.25, 0.3) is 0 Å². The van der Waals surface area contributed by atoms with Gasteiger partial charge in [-0.1, -0.05) is 161 Å². The Morgan fingerprint density at radius 1 is 0.588 bits per heavy atom. The number of carbonyl (C=O) groups excluding carboxylic acids is 1. The number of hydrogen-bond donors (Lipinski definition) is 0. The van der Waals surface area contributed by atoms with Gasteiger partial charge in [-0.3, -0.25) is 9.36 Å². The number of hydrogen-bond acceptors (Lipinski definition) is 7. The molecular formula is C42H84NO7P. The molecule has 0 amide bonds. The van der Waals surface area contributed by atoms with Crippen LogP contribution in [0.3, 0.4) is 0 Å². The molecule has 0 saturated heterocycles. The summed E-state index contributed by atoms with van der Waals surface area (Å²) in [5.41, 5.74) is 0. The van der Waals surface area contributed by atoms with Gasteiger partial charge < -0.3 is 27.9 Å². The standard InChI is InChI=1S/C42H84NO7P/c1-6-8-10-12-14-16-18-20-21-22-23-24-25-27-29-31-33-35-42(44)50-41(40-49-51(45,46)48-38-36-43(3,4)5)39-47-37-34-32-30-28-26-19-17-15-13-11-9-7-2/h20-21,41H,6-19,22-40H2,1-5H3/b21-20-. The van der Waals surface area contributed by atoms with Crippen LogP contribution in [0.15, 0.2) is 12.2 Å². The average molecular weight is 746 g/mol. The largest absolute Gasteiger partial charge is 0.756 e. The van der Waals surface area contributed by atoms with E-state index < -0.39 is 13.9 Å². The van der Waals surface area contributed by atoms with Gasteiger partial charge in [0.25, 0.3) is 7.82 Å². The van der Waals surface area contributed by atoms with Gasteiger partial charge >= 0.3 is 5.97 Å². The number of phosphoric ester groups is 1. The summed E-state index contributed by atoms with van der Waals surface area (Å²) < 4.78 is 34.5. The highest BCUT2D eigenvalue weighted by Crippen LogP contribution is 2.38. The molecule has 9 heteroatoms. The molecule has 2 unspecified atom stereocenters. The van der Waals surface area contributed by atoms with E-state index in [1.54, 1.807) is 0 Å². The Morgan fingerprint density at radius 2 is 1.02 bits per heavy atom. The van der Waals surface area contributed by atoms with Crippen molar-refractivity contribution in [2.75, 3.05) is 54.1 Å². The fourth-order valence-electron chi connectivity index (χ4n) is 5.95. The first-order valence-corrected chi connectivity index (χ1v) is 22.9. The predicted octanol–water partition coefficient (Wildman–Crippen LogP) is 11.6. The molecule has 2 atom stereocenters. The van der Waals surface area contributed by atoms with Crippen LogP contribution in [0.1, 0.15) is 194 Å². The molecule has 0 aliphatic carbocycles. The van der Waals surface area contributed by atoms with Crippen LogP contribution < -0.4 is 4.89 Å². The van der Waals surface area contributed by atoms with Crippen molar-refractivity contribution in [3.05, 3.63) is 12.2 Å². The number of quaternary nitrogens is 1. The highest BCUT2D eigenvalue weighted by molar-refractivity contribution is 7.45. The molecule has 0 rings (SSSR count). The van der Waals surface area contributed by atoms with Crippen LogP contribution in [0.4, 0.5) is 0 Å². The van der Waals surface area contributed by atoms with E-state index in [1.807, 2.05) is 21.1 Å². The molecule has 304 valence electrons. The van der Waals surface area contributed by atoms with Crippen molar-refractivity contribution >= 4 is 13.8 Å². The second kappa shape index (κ2) is 36.2. The lowest BCUT2D eigenvalue weighted by Crippen LogP contribution is -2.37. The van der Waals surface area contributed by atoms with Crippen molar-refractivity contribution in [3.8, 4) is 0 Å². The van der Waals surface area contributed by atoms with Gasteiger partial charge in [0.1, 0.15) is 19.3 Å². The highest BCUT2D eigenvalue weighted by atomic mass is 31.2. The monoisotopic (exact) mass is 746 g/mol. The summed E-state index contributed by atoms with van der Waals surface area (Å²) in [6.45, 7) is 5.43. The Kier molecular flexibility index (Phi) is 35.7. The Morgan fingerprint density at radius 3 is 1.49 bits per heavy atom. The Balaban J connectivity index is 4.22. The third-order valence-corrected chi connectivity index (χ3v) is 10.3. The summed E-state index contributed by atoms with van der Waals surface area (Å²) in [5.74, 6) is -0.336. The molecule has 0 spiro atoms. The summed E-state index contributed by atoms with van der Waals surface area (Å²) in [5, 5.41) is 0. The number of allylic oxidation sites excluding steroid dienone is 2. The number of carbonyl (C=O) groups is 1. The number of ether oxygens (including phenoxy) is 2. The van der Waals surface area contributed by atoms with Crippen molar-refractivity contribution in [3.63, 3.8) is 0 Å². The lowest BCUT2D eigenvalue weighted by atomic mass is 10.1. The summed E-state index contributed by atoms with van der Waals surface area (Å²) >= 11 is 0. The molecule has 0 radical (unpaired) electrons. The molecular weight excluding hydrogens is 661 g/mol. The molecule has 0 aromatic carbocycles. The minimum Gasteiger partial charge on any atom is -0.756 e. The zero-order chi connectivity index (χ0) is 37.7. The van der Waals surface area contributed by atoms with Crippen LogP contribution in [0, 0.1) is 0 Å². The first kappa shape index (κ1) is 50.2. The summed E-state index contributed by atoms with van der Waals surface area (Å²) in [4.78, 5) is 25.0. The minimum atomic E-state index is -4.52. The highest BCUT2D eigenvalue weighted by Gasteiger charge is 2.20. The minimum absolute atomic E-state index is 0.0283. The van der Waals surface area contributed by atoms with Gasteiger partial charge in [-0.15, -0.1) is 0 Å². The molecule has 0 fully saturated rings. The lowest BCUT2D eigenvalue weighted by molar-refractivity contribution is -0.870. The maximum atomic E-state index is 12.6. The van der Waals surface area contributed by atoms with Gasteiger partial charge in [0.05, 0.1) is 34.4 Å². The van der Waals surface area contributed by atoms with Crippen LogP contribution in [-0.2, 0) is 27.9 Å². The van der Waals surface area contributed by atoms with E-state index in [9.17, 15) is 14.3 Å². The number of esters is 1. The predicted molar refractivity (Wildman–Crippen MR) is 213 cm³/mol. The lowest BCUT2D eigenvalue weighted by Gasteiger charge is -2.28. The van der Waals surface area contributed by atoms with Crippen molar-refractivity contribution in [1.82, 2.24) is 0 Å². The van der Waals surface area contributed by atoms with E-state index in [0.717, 1.165) is 32.1 Å². The number of unbranched alkanes of at least 4 members (excludes halogenated alkanes) is 24. The van der Waals surface area contributed by atoms with Crippen molar-refractivity contribution in [2.45, 2.75) is 200 Å². The van der Waals surface area contributed by atoms with Crippen LogP contribution >= 0.6 is 7.82 Å². The second-order valence-corrected chi connectivity index (χ2v) is 17.1. The van der Waals surface area contributed by atoms with E-state index in [2.05, 4.69) is 26.0 Å². The number of rotatable bonds is 40. The third kappa shape index (κ3) is 40.3. The molecule has 8 nitrogen and oxygen atoms in total. The molecule has 0 aromatic rings. The fraction of sp³-hybridized carbons (Fsp3) is 0.929. The maximum Gasteiger partial charge on any atom is 0.306 e. The SMILES string of the molecule is CCCCCCCC/C=C\CCCCCCCCCC(=O)OC(COCCCCCCCCCCCCCC)COP(=O)([O-])OCC[N+](C)(C)C. The quantitative estimate of drug-likeness (QED) is 0.0203. The molecule has 0 N–H and O–H groups in total. The molecule has 51 heavy (non-hydrogen) atoms. The molecule has 0 aliphatic heterocycles. The summed E-state index contributed by atoms with van der Waals surface area (Å²) in [7, 11) is 1.36. The topological polar surface area (TPSA) is 94.1 Å². The average Bonchev–Trinajstić information content (AvgIpc) is 3.08. The van der Waals surface area contributed by atoms with Crippen molar-refractivity contribution < 1.29 is 37.3 Å². The maximum absolute atomic E-state index is 12.6.